The van der Waals surface area contributed by atoms with E-state index in [-0.39, 0.29) is 17.7 Å². The lowest BCUT2D eigenvalue weighted by Gasteiger charge is -2.32. The van der Waals surface area contributed by atoms with E-state index in [0.29, 0.717) is 25.1 Å². The predicted molar refractivity (Wildman–Crippen MR) is 92.7 cm³/mol. The normalized spacial score (nSPS) is 18.8. The first-order chi connectivity index (χ1) is 11.3. The summed E-state index contributed by atoms with van der Waals surface area (Å²) in [5.74, 6) is -1.85. The average molecular weight is 397 g/mol. The highest BCUT2D eigenvalue weighted by Crippen LogP contribution is 2.22. The van der Waals surface area contributed by atoms with E-state index in [1.54, 1.807) is 11.0 Å². The van der Waals surface area contributed by atoms with Crippen LogP contribution in [0.3, 0.4) is 0 Å². The van der Waals surface area contributed by atoms with Crippen LogP contribution in [0.15, 0.2) is 22.7 Å². The fourth-order valence-electron chi connectivity index (χ4n) is 2.81. The monoisotopic (exact) mass is 396 g/mol. The van der Waals surface area contributed by atoms with Crippen molar-refractivity contribution in [1.29, 1.82) is 0 Å². The van der Waals surface area contributed by atoms with Crippen molar-refractivity contribution in [2.24, 2.45) is 5.92 Å². The second-order valence-corrected chi connectivity index (χ2v) is 7.03. The molecule has 2 atom stereocenters. The minimum absolute atomic E-state index is 0.0937. The molecule has 2 N–H and O–H groups in total. The molecule has 1 aliphatic heterocycles. The van der Waals surface area contributed by atoms with Gasteiger partial charge in [-0.3, -0.25) is 14.4 Å². The number of likely N-dealkylation sites (tertiary alicyclic amines) is 1. The molecule has 0 aliphatic carbocycles. The molecule has 130 valence electrons. The summed E-state index contributed by atoms with van der Waals surface area (Å²) in [4.78, 5) is 37.5. The Kier molecular flexibility index (Phi) is 5.99. The maximum atomic E-state index is 12.7. The Hall–Kier alpha value is -1.89. The van der Waals surface area contributed by atoms with Gasteiger partial charge in [-0.15, -0.1) is 0 Å². The molecule has 1 aliphatic rings. The van der Waals surface area contributed by atoms with E-state index < -0.39 is 12.0 Å². The number of carboxylic acids is 1. The van der Waals surface area contributed by atoms with E-state index in [2.05, 4.69) is 21.2 Å². The first-order valence-corrected chi connectivity index (χ1v) is 8.67. The molecular formula is C17H21BrN2O4. The number of amides is 2. The van der Waals surface area contributed by atoms with Crippen molar-refractivity contribution in [2.75, 3.05) is 13.1 Å². The fraction of sp³-hybridized carbons (Fsp3) is 0.471. The van der Waals surface area contributed by atoms with Crippen molar-refractivity contribution < 1.29 is 19.5 Å². The van der Waals surface area contributed by atoms with Gasteiger partial charge in [0.25, 0.3) is 5.91 Å². The van der Waals surface area contributed by atoms with Crippen molar-refractivity contribution in [1.82, 2.24) is 10.2 Å². The van der Waals surface area contributed by atoms with Crippen molar-refractivity contribution in [3.8, 4) is 0 Å². The van der Waals surface area contributed by atoms with Crippen LogP contribution < -0.4 is 5.32 Å². The molecule has 1 saturated heterocycles. The van der Waals surface area contributed by atoms with Crippen LogP contribution in [0.5, 0.6) is 0 Å². The van der Waals surface area contributed by atoms with Crippen LogP contribution in [0.4, 0.5) is 0 Å². The second kappa shape index (κ2) is 7.79. The number of benzene rings is 1. The summed E-state index contributed by atoms with van der Waals surface area (Å²) < 4.78 is 0.912. The van der Waals surface area contributed by atoms with Crippen LogP contribution in [-0.2, 0) is 9.59 Å². The third-order valence-corrected chi connectivity index (χ3v) is 4.72. The summed E-state index contributed by atoms with van der Waals surface area (Å²) in [6.45, 7) is 4.22. The first-order valence-electron chi connectivity index (χ1n) is 7.88. The molecule has 1 fully saturated rings. The number of aryl methyl sites for hydroxylation is 1. The fourth-order valence-corrected chi connectivity index (χ4v) is 3.28. The second-order valence-electron chi connectivity index (χ2n) is 6.12. The minimum Gasteiger partial charge on any atom is -0.480 e. The molecule has 6 nitrogen and oxygen atoms in total. The predicted octanol–water partition coefficient (Wildman–Crippen LogP) is 2.20. The van der Waals surface area contributed by atoms with E-state index in [0.717, 1.165) is 16.5 Å². The molecule has 2 rings (SSSR count). The summed E-state index contributed by atoms with van der Waals surface area (Å²) >= 11 is 3.38. The SMILES string of the molecule is Cc1cc(Br)ccc1C(=O)N1CCCC(C(=O)N[C@H](C)C(=O)O)C1. The van der Waals surface area contributed by atoms with Gasteiger partial charge >= 0.3 is 5.97 Å². The molecule has 0 aromatic heterocycles. The highest BCUT2D eigenvalue weighted by Gasteiger charge is 2.30. The van der Waals surface area contributed by atoms with Gasteiger partial charge in [0.1, 0.15) is 6.04 Å². The Morgan fingerprint density at radius 3 is 2.71 bits per heavy atom. The number of aliphatic carboxylic acids is 1. The number of nitrogens with one attached hydrogen (secondary N) is 1. The van der Waals surface area contributed by atoms with Crippen LogP contribution in [0.2, 0.25) is 0 Å². The third kappa shape index (κ3) is 4.35. The van der Waals surface area contributed by atoms with E-state index >= 15 is 0 Å². The van der Waals surface area contributed by atoms with E-state index in [9.17, 15) is 14.4 Å². The van der Waals surface area contributed by atoms with Gasteiger partial charge in [-0.1, -0.05) is 15.9 Å². The number of hydrogen-bond donors (Lipinski definition) is 2. The molecule has 2 amide bonds. The lowest BCUT2D eigenvalue weighted by Crippen LogP contribution is -2.48. The number of rotatable bonds is 4. The Labute approximate surface area is 149 Å². The molecule has 1 aromatic carbocycles. The van der Waals surface area contributed by atoms with Gasteiger partial charge in [-0.25, -0.2) is 0 Å². The lowest BCUT2D eigenvalue weighted by molar-refractivity contribution is -0.142. The van der Waals surface area contributed by atoms with Crippen molar-refractivity contribution in [3.63, 3.8) is 0 Å². The number of carboxylic acid groups (broad SMARTS) is 1. The van der Waals surface area contributed by atoms with E-state index in [1.165, 1.54) is 6.92 Å². The van der Waals surface area contributed by atoms with Crippen LogP contribution in [0, 0.1) is 12.8 Å². The quantitative estimate of drug-likeness (QED) is 0.816. The van der Waals surface area contributed by atoms with Crippen LogP contribution in [-0.4, -0.2) is 46.9 Å². The zero-order valence-electron chi connectivity index (χ0n) is 13.7. The summed E-state index contributed by atoms with van der Waals surface area (Å²) in [5.41, 5.74) is 1.50. The van der Waals surface area contributed by atoms with Crippen LogP contribution in [0.25, 0.3) is 0 Å². The summed E-state index contributed by atoms with van der Waals surface area (Å²) in [5, 5.41) is 11.4. The maximum absolute atomic E-state index is 12.7. The zero-order valence-corrected chi connectivity index (χ0v) is 15.3. The van der Waals surface area contributed by atoms with Gasteiger partial charge in [0.15, 0.2) is 0 Å². The summed E-state index contributed by atoms with van der Waals surface area (Å²) in [6, 6.07) is 4.55. The van der Waals surface area contributed by atoms with Gasteiger partial charge < -0.3 is 15.3 Å². The Morgan fingerprint density at radius 2 is 2.08 bits per heavy atom. The number of nitrogens with zero attached hydrogens (tertiary/aromatic N) is 1. The lowest BCUT2D eigenvalue weighted by atomic mass is 9.95. The van der Waals surface area contributed by atoms with Crippen molar-refractivity contribution in [2.45, 2.75) is 32.7 Å². The van der Waals surface area contributed by atoms with Gasteiger partial charge in [-0.05, 0) is 50.5 Å². The largest absolute Gasteiger partial charge is 0.480 e. The number of piperidine rings is 1. The van der Waals surface area contributed by atoms with Crippen molar-refractivity contribution >= 4 is 33.7 Å². The van der Waals surface area contributed by atoms with E-state index in [1.807, 2.05) is 19.1 Å². The Balaban J connectivity index is 2.05. The maximum Gasteiger partial charge on any atom is 0.325 e. The van der Waals surface area contributed by atoms with Crippen LogP contribution >= 0.6 is 15.9 Å². The molecule has 0 bridgehead atoms. The summed E-state index contributed by atoms with van der Waals surface area (Å²) in [6.07, 6.45) is 1.38. The molecule has 24 heavy (non-hydrogen) atoms. The zero-order chi connectivity index (χ0) is 17.9. The minimum atomic E-state index is -1.07. The summed E-state index contributed by atoms with van der Waals surface area (Å²) in [7, 11) is 0. The standard InChI is InChI=1S/C17H21BrN2O4/c1-10-8-13(18)5-6-14(10)16(22)20-7-3-4-12(9-20)15(21)19-11(2)17(23)24/h5-6,8,11-12H,3-4,7,9H2,1-2H3,(H,19,21)(H,23,24)/t11-,12?/m1/s1. The molecule has 7 heteroatoms. The molecule has 1 unspecified atom stereocenters. The molecule has 0 radical (unpaired) electrons. The molecule has 1 heterocycles. The van der Waals surface area contributed by atoms with Crippen molar-refractivity contribution in [3.05, 3.63) is 33.8 Å². The number of halogens is 1. The average Bonchev–Trinajstić information content (AvgIpc) is 2.54. The topological polar surface area (TPSA) is 86.7 Å². The highest BCUT2D eigenvalue weighted by atomic mass is 79.9. The number of carbonyl (C=O) groups excluding carboxylic acids is 2. The smallest absolute Gasteiger partial charge is 0.325 e. The van der Waals surface area contributed by atoms with Gasteiger partial charge in [0, 0.05) is 23.1 Å². The Morgan fingerprint density at radius 1 is 1.38 bits per heavy atom. The highest BCUT2D eigenvalue weighted by molar-refractivity contribution is 9.10. The van der Waals surface area contributed by atoms with Crippen LogP contribution in [0.1, 0.15) is 35.7 Å². The molecule has 0 saturated carbocycles. The van der Waals surface area contributed by atoms with Gasteiger partial charge in [0.2, 0.25) is 5.91 Å². The van der Waals surface area contributed by atoms with E-state index in [4.69, 9.17) is 5.11 Å². The molecule has 0 spiro atoms. The van der Waals surface area contributed by atoms with Gasteiger partial charge in [-0.2, -0.15) is 0 Å². The Bertz CT molecular complexity index is 662. The number of carbonyl (C=O) groups is 3. The third-order valence-electron chi connectivity index (χ3n) is 4.23. The number of hydrogen-bond acceptors (Lipinski definition) is 3. The first kappa shape index (κ1) is 18.4. The molecule has 1 aromatic rings. The van der Waals surface area contributed by atoms with Gasteiger partial charge in [0.05, 0.1) is 5.92 Å². The molecular weight excluding hydrogens is 376 g/mol.